The molecule has 0 radical (unpaired) electrons. The molecule has 2 aromatic carbocycles. The van der Waals surface area contributed by atoms with E-state index in [1.807, 2.05) is 6.92 Å². The lowest BCUT2D eigenvalue weighted by atomic mass is 9.98. The molecule has 0 fully saturated rings. The average molecular weight is 370 g/mol. The summed E-state index contributed by atoms with van der Waals surface area (Å²) in [4.78, 5) is 12.7. The number of benzene rings is 2. The van der Waals surface area contributed by atoms with Crippen LogP contribution in [0.4, 0.5) is 0 Å². The minimum Gasteiger partial charge on any atom is -0.493 e. The Morgan fingerprint density at radius 3 is 2.24 bits per heavy atom. The Morgan fingerprint density at radius 1 is 1.05 bits per heavy atom. The van der Waals surface area contributed by atoms with Gasteiger partial charge < -0.3 is 9.47 Å². The van der Waals surface area contributed by atoms with E-state index in [1.54, 1.807) is 37.4 Å². The number of ketones is 1. The molecular formula is C16H14BrClO3. The van der Waals surface area contributed by atoms with E-state index in [4.69, 9.17) is 21.1 Å². The van der Waals surface area contributed by atoms with Crippen molar-refractivity contribution in [3.8, 4) is 11.5 Å². The van der Waals surface area contributed by atoms with Gasteiger partial charge in [0.25, 0.3) is 0 Å². The Labute approximate surface area is 137 Å². The largest absolute Gasteiger partial charge is 0.493 e. The van der Waals surface area contributed by atoms with E-state index in [2.05, 4.69) is 15.9 Å². The van der Waals surface area contributed by atoms with Gasteiger partial charge in [0.05, 0.1) is 19.2 Å². The van der Waals surface area contributed by atoms with Crippen molar-refractivity contribution in [3.63, 3.8) is 0 Å². The van der Waals surface area contributed by atoms with Crippen LogP contribution < -0.4 is 9.47 Å². The SMILES string of the molecule is COc1cc(C)c(C(=O)c2ccc(Br)cc2Cl)cc1OC. The molecular weight excluding hydrogens is 356 g/mol. The molecule has 0 aliphatic carbocycles. The van der Waals surface area contributed by atoms with Crippen LogP contribution in [0, 0.1) is 6.92 Å². The number of hydrogen-bond donors (Lipinski definition) is 0. The monoisotopic (exact) mass is 368 g/mol. The molecule has 5 heteroatoms. The average Bonchev–Trinajstić information content (AvgIpc) is 2.46. The van der Waals surface area contributed by atoms with Gasteiger partial charge in [0, 0.05) is 15.6 Å². The maximum absolute atomic E-state index is 12.7. The van der Waals surface area contributed by atoms with Crippen molar-refractivity contribution >= 4 is 33.3 Å². The quantitative estimate of drug-likeness (QED) is 0.735. The maximum Gasteiger partial charge on any atom is 0.194 e. The first kappa shape index (κ1) is 15.9. The summed E-state index contributed by atoms with van der Waals surface area (Å²) in [5.74, 6) is 0.957. The first-order valence-corrected chi connectivity index (χ1v) is 7.37. The number of rotatable bonds is 4. The first-order chi connectivity index (χ1) is 9.97. The summed E-state index contributed by atoms with van der Waals surface area (Å²) < 4.78 is 11.3. The highest BCUT2D eigenvalue weighted by atomic mass is 79.9. The highest BCUT2D eigenvalue weighted by Crippen LogP contribution is 2.32. The van der Waals surface area contributed by atoms with Crippen LogP contribution in [0.5, 0.6) is 11.5 Å². The molecule has 2 aromatic rings. The van der Waals surface area contributed by atoms with E-state index in [0.29, 0.717) is 27.6 Å². The summed E-state index contributed by atoms with van der Waals surface area (Å²) in [6.07, 6.45) is 0. The summed E-state index contributed by atoms with van der Waals surface area (Å²) in [7, 11) is 3.10. The van der Waals surface area contributed by atoms with Gasteiger partial charge in [-0.1, -0.05) is 27.5 Å². The lowest BCUT2D eigenvalue weighted by Gasteiger charge is -2.12. The molecule has 0 saturated heterocycles. The second-order valence-corrected chi connectivity index (χ2v) is 5.80. The van der Waals surface area contributed by atoms with Gasteiger partial charge in [-0.3, -0.25) is 4.79 Å². The van der Waals surface area contributed by atoms with Gasteiger partial charge in [-0.15, -0.1) is 0 Å². The fraction of sp³-hybridized carbons (Fsp3) is 0.188. The molecule has 110 valence electrons. The minimum absolute atomic E-state index is 0.147. The molecule has 21 heavy (non-hydrogen) atoms. The second-order valence-electron chi connectivity index (χ2n) is 4.48. The number of methoxy groups -OCH3 is 2. The van der Waals surface area contributed by atoms with Crippen molar-refractivity contribution in [1.29, 1.82) is 0 Å². The third-order valence-corrected chi connectivity index (χ3v) is 3.96. The molecule has 3 nitrogen and oxygen atoms in total. The Bertz CT molecular complexity index is 698. The van der Waals surface area contributed by atoms with Crippen molar-refractivity contribution in [1.82, 2.24) is 0 Å². The third kappa shape index (κ3) is 3.22. The van der Waals surface area contributed by atoms with Crippen molar-refractivity contribution < 1.29 is 14.3 Å². The Kier molecular flexibility index (Phi) is 4.91. The number of aryl methyl sites for hydroxylation is 1. The van der Waals surface area contributed by atoms with Crippen LogP contribution in [0.3, 0.4) is 0 Å². The fourth-order valence-corrected chi connectivity index (χ4v) is 2.80. The third-order valence-electron chi connectivity index (χ3n) is 3.15. The van der Waals surface area contributed by atoms with E-state index >= 15 is 0 Å². The van der Waals surface area contributed by atoms with Gasteiger partial charge in [-0.2, -0.15) is 0 Å². The molecule has 0 saturated carbocycles. The Hall–Kier alpha value is -1.52. The van der Waals surface area contributed by atoms with Crippen LogP contribution in [0.25, 0.3) is 0 Å². The predicted octanol–water partition coefficient (Wildman–Crippen LogP) is 4.66. The van der Waals surface area contributed by atoms with Gasteiger partial charge in [-0.25, -0.2) is 0 Å². The number of carbonyl (C=O) groups excluding carboxylic acids is 1. The molecule has 0 aliphatic heterocycles. The minimum atomic E-state index is -0.147. The Morgan fingerprint density at radius 2 is 1.67 bits per heavy atom. The summed E-state index contributed by atoms with van der Waals surface area (Å²) in [5.41, 5.74) is 1.80. The zero-order valence-electron chi connectivity index (χ0n) is 11.9. The Balaban J connectivity index is 2.53. The smallest absolute Gasteiger partial charge is 0.194 e. The molecule has 0 N–H and O–H groups in total. The van der Waals surface area contributed by atoms with E-state index in [1.165, 1.54) is 7.11 Å². The molecule has 0 aliphatic rings. The summed E-state index contributed by atoms with van der Waals surface area (Å²) in [6.45, 7) is 1.85. The molecule has 0 spiro atoms. The van der Waals surface area contributed by atoms with Gasteiger partial charge in [0.2, 0.25) is 0 Å². The van der Waals surface area contributed by atoms with E-state index in [9.17, 15) is 4.79 Å². The van der Waals surface area contributed by atoms with Gasteiger partial charge in [0.1, 0.15) is 0 Å². The molecule has 0 unspecified atom stereocenters. The molecule has 0 amide bonds. The number of carbonyl (C=O) groups is 1. The van der Waals surface area contributed by atoms with Gasteiger partial charge >= 0.3 is 0 Å². The summed E-state index contributed by atoms with van der Waals surface area (Å²) >= 11 is 9.48. The normalized spacial score (nSPS) is 10.3. The zero-order chi connectivity index (χ0) is 15.6. The summed E-state index contributed by atoms with van der Waals surface area (Å²) in [6, 6.07) is 8.64. The van der Waals surface area contributed by atoms with Crippen LogP contribution in [0.1, 0.15) is 21.5 Å². The number of halogens is 2. The van der Waals surface area contributed by atoms with Crippen LogP contribution >= 0.6 is 27.5 Å². The predicted molar refractivity (Wildman–Crippen MR) is 86.9 cm³/mol. The molecule has 0 bridgehead atoms. The van der Waals surface area contributed by atoms with Crippen LogP contribution in [-0.2, 0) is 0 Å². The first-order valence-electron chi connectivity index (χ1n) is 6.20. The van der Waals surface area contributed by atoms with Crippen molar-refractivity contribution in [3.05, 3.63) is 56.5 Å². The van der Waals surface area contributed by atoms with Crippen molar-refractivity contribution in [2.75, 3.05) is 14.2 Å². The lowest BCUT2D eigenvalue weighted by Crippen LogP contribution is -2.06. The summed E-state index contributed by atoms with van der Waals surface area (Å²) in [5, 5.41) is 0.406. The highest BCUT2D eigenvalue weighted by molar-refractivity contribution is 9.10. The van der Waals surface area contributed by atoms with E-state index in [-0.39, 0.29) is 5.78 Å². The molecule has 0 atom stereocenters. The molecule has 2 rings (SSSR count). The van der Waals surface area contributed by atoms with Gasteiger partial charge in [-0.05, 0) is 42.8 Å². The fourth-order valence-electron chi connectivity index (χ4n) is 2.04. The van der Waals surface area contributed by atoms with Crippen LogP contribution in [0.2, 0.25) is 5.02 Å². The maximum atomic E-state index is 12.7. The molecule has 0 heterocycles. The second kappa shape index (κ2) is 6.50. The topological polar surface area (TPSA) is 35.5 Å². The standard InChI is InChI=1S/C16H14BrClO3/c1-9-6-14(20-2)15(21-3)8-12(9)16(19)11-5-4-10(17)7-13(11)18/h4-8H,1-3H3. The number of ether oxygens (including phenoxy) is 2. The van der Waals surface area contributed by atoms with Gasteiger partial charge in [0.15, 0.2) is 17.3 Å². The van der Waals surface area contributed by atoms with Crippen LogP contribution in [-0.4, -0.2) is 20.0 Å². The highest BCUT2D eigenvalue weighted by Gasteiger charge is 2.18. The van der Waals surface area contributed by atoms with E-state index < -0.39 is 0 Å². The lowest BCUT2D eigenvalue weighted by molar-refractivity contribution is 0.103. The number of hydrogen-bond acceptors (Lipinski definition) is 3. The zero-order valence-corrected chi connectivity index (χ0v) is 14.2. The van der Waals surface area contributed by atoms with Crippen molar-refractivity contribution in [2.24, 2.45) is 0 Å². The van der Waals surface area contributed by atoms with Crippen LogP contribution in [0.15, 0.2) is 34.8 Å². The molecule has 0 aromatic heterocycles. The van der Waals surface area contributed by atoms with Crippen molar-refractivity contribution in [2.45, 2.75) is 6.92 Å². The van der Waals surface area contributed by atoms with E-state index in [0.717, 1.165) is 10.0 Å².